The van der Waals surface area contributed by atoms with Gasteiger partial charge in [-0.25, -0.2) is 0 Å². The van der Waals surface area contributed by atoms with Crippen molar-refractivity contribution in [1.82, 2.24) is 20.1 Å². The van der Waals surface area contributed by atoms with Crippen LogP contribution in [0.15, 0.2) is 22.8 Å². The molecule has 0 bridgehead atoms. The third-order valence-corrected chi connectivity index (χ3v) is 4.02. The quantitative estimate of drug-likeness (QED) is 0.910. The third-order valence-electron chi connectivity index (χ3n) is 3.41. The lowest BCUT2D eigenvalue weighted by atomic mass is 10.0. The van der Waals surface area contributed by atoms with Gasteiger partial charge in [0.1, 0.15) is 0 Å². The van der Waals surface area contributed by atoms with Gasteiger partial charge in [0.15, 0.2) is 0 Å². The van der Waals surface area contributed by atoms with E-state index in [0.717, 1.165) is 34.5 Å². The van der Waals surface area contributed by atoms with Crippen LogP contribution in [0, 0.1) is 13.8 Å². The Morgan fingerprint density at radius 3 is 2.70 bits per heavy atom. The fourth-order valence-electron chi connectivity index (χ4n) is 2.49. The summed E-state index contributed by atoms with van der Waals surface area (Å²) in [5, 5.41) is 7.85. The predicted molar refractivity (Wildman–Crippen MR) is 84.8 cm³/mol. The van der Waals surface area contributed by atoms with Crippen molar-refractivity contribution in [2.24, 2.45) is 0 Å². The molecule has 2 rings (SSSR count). The number of hydrogen-bond donors (Lipinski definition) is 1. The second-order valence-electron chi connectivity index (χ2n) is 4.95. The number of rotatable bonds is 5. The van der Waals surface area contributed by atoms with Gasteiger partial charge in [0.2, 0.25) is 0 Å². The van der Waals surface area contributed by atoms with Crippen LogP contribution in [0.25, 0.3) is 0 Å². The van der Waals surface area contributed by atoms with Crippen molar-refractivity contribution < 1.29 is 0 Å². The summed E-state index contributed by atoms with van der Waals surface area (Å²) in [6.07, 6.45) is 2.93. The second-order valence-corrected chi connectivity index (χ2v) is 5.80. The van der Waals surface area contributed by atoms with Gasteiger partial charge in [-0.2, -0.15) is 5.10 Å². The molecule has 2 aromatic rings. The van der Waals surface area contributed by atoms with Gasteiger partial charge in [0, 0.05) is 17.9 Å². The summed E-state index contributed by atoms with van der Waals surface area (Å²) >= 11 is 3.62. The van der Waals surface area contributed by atoms with Crippen LogP contribution in [-0.4, -0.2) is 21.8 Å². The first-order valence-electron chi connectivity index (χ1n) is 6.91. The lowest BCUT2D eigenvalue weighted by molar-refractivity contribution is 0.531. The van der Waals surface area contributed by atoms with Crippen molar-refractivity contribution in [3.63, 3.8) is 0 Å². The fourth-order valence-corrected chi connectivity index (χ4v) is 3.02. The molecule has 20 heavy (non-hydrogen) atoms. The number of aromatic nitrogens is 3. The largest absolute Gasteiger partial charge is 0.308 e. The molecular weight excluding hydrogens is 316 g/mol. The van der Waals surface area contributed by atoms with Crippen molar-refractivity contribution in [3.8, 4) is 0 Å². The molecule has 108 valence electrons. The number of nitrogens with zero attached hydrogens (tertiary/aromatic N) is 3. The highest BCUT2D eigenvalue weighted by Crippen LogP contribution is 2.29. The van der Waals surface area contributed by atoms with E-state index in [-0.39, 0.29) is 6.04 Å². The van der Waals surface area contributed by atoms with Crippen molar-refractivity contribution in [2.75, 3.05) is 7.05 Å². The van der Waals surface area contributed by atoms with Gasteiger partial charge < -0.3 is 5.32 Å². The summed E-state index contributed by atoms with van der Waals surface area (Å²) in [5.74, 6) is 0. The van der Waals surface area contributed by atoms with E-state index in [1.807, 2.05) is 20.2 Å². The molecule has 4 nitrogen and oxygen atoms in total. The Morgan fingerprint density at radius 1 is 1.35 bits per heavy atom. The van der Waals surface area contributed by atoms with Crippen LogP contribution >= 0.6 is 15.9 Å². The summed E-state index contributed by atoms with van der Waals surface area (Å²) < 4.78 is 3.09. The van der Waals surface area contributed by atoms with E-state index in [1.54, 1.807) is 0 Å². The lowest BCUT2D eigenvalue weighted by Gasteiger charge is -2.20. The summed E-state index contributed by atoms with van der Waals surface area (Å²) in [5.41, 5.74) is 4.45. The van der Waals surface area contributed by atoms with Gasteiger partial charge >= 0.3 is 0 Å². The average molecular weight is 337 g/mol. The highest BCUT2D eigenvalue weighted by Gasteiger charge is 2.22. The van der Waals surface area contributed by atoms with Crippen LogP contribution in [0.4, 0.5) is 0 Å². The number of hydrogen-bond acceptors (Lipinski definition) is 3. The first-order chi connectivity index (χ1) is 9.58. The molecule has 0 amide bonds. The first-order valence-corrected chi connectivity index (χ1v) is 7.70. The Balaban J connectivity index is 2.49. The maximum absolute atomic E-state index is 4.57. The van der Waals surface area contributed by atoms with Crippen molar-refractivity contribution in [3.05, 3.63) is 45.4 Å². The van der Waals surface area contributed by atoms with Gasteiger partial charge in [0.25, 0.3) is 0 Å². The maximum atomic E-state index is 4.57. The van der Waals surface area contributed by atoms with Crippen LogP contribution in [0.3, 0.4) is 0 Å². The topological polar surface area (TPSA) is 42.7 Å². The number of aryl methyl sites for hydroxylation is 3. The Bertz CT molecular complexity index is 592. The molecule has 0 saturated carbocycles. The summed E-state index contributed by atoms with van der Waals surface area (Å²) in [6, 6.07) is 4.29. The van der Waals surface area contributed by atoms with Crippen molar-refractivity contribution in [1.29, 1.82) is 0 Å². The second kappa shape index (κ2) is 6.50. The van der Waals surface area contributed by atoms with Crippen molar-refractivity contribution >= 4 is 15.9 Å². The first kappa shape index (κ1) is 15.2. The van der Waals surface area contributed by atoms with E-state index in [2.05, 4.69) is 62.0 Å². The molecule has 0 saturated heterocycles. The molecule has 1 unspecified atom stereocenters. The van der Waals surface area contributed by atoms with Gasteiger partial charge in [0.05, 0.1) is 22.4 Å². The molecule has 2 heterocycles. The number of nitrogens with one attached hydrogen (secondary N) is 1. The Kier molecular flexibility index (Phi) is 4.94. The zero-order valence-electron chi connectivity index (χ0n) is 12.4. The smallest absolute Gasteiger partial charge is 0.0775 e. The standard InChI is InChI=1S/C15H21BrN4/c1-5-8-20-15(13(16)9-18-20)14(17-4)12-7-6-10(2)19-11(12)3/h6-7,9,14,17H,5,8H2,1-4H3. The van der Waals surface area contributed by atoms with Crippen molar-refractivity contribution in [2.45, 2.75) is 39.8 Å². The normalized spacial score (nSPS) is 12.7. The molecule has 5 heteroatoms. The molecule has 1 N–H and O–H groups in total. The summed E-state index contributed by atoms with van der Waals surface area (Å²) in [6.45, 7) is 7.15. The highest BCUT2D eigenvalue weighted by atomic mass is 79.9. The van der Waals surface area contributed by atoms with E-state index >= 15 is 0 Å². The van der Waals surface area contributed by atoms with E-state index in [1.165, 1.54) is 5.56 Å². The minimum Gasteiger partial charge on any atom is -0.308 e. The number of pyridine rings is 1. The lowest BCUT2D eigenvalue weighted by Crippen LogP contribution is -2.23. The molecule has 2 aromatic heterocycles. The minimum atomic E-state index is 0.0894. The average Bonchev–Trinajstić information content (AvgIpc) is 2.75. The predicted octanol–water partition coefficient (Wildman–Crippen LogP) is 3.38. The molecule has 1 atom stereocenters. The van der Waals surface area contributed by atoms with E-state index in [0.29, 0.717) is 0 Å². The molecule has 0 radical (unpaired) electrons. The minimum absolute atomic E-state index is 0.0894. The van der Waals surface area contributed by atoms with Crippen LogP contribution in [-0.2, 0) is 6.54 Å². The fraction of sp³-hybridized carbons (Fsp3) is 0.467. The third kappa shape index (κ3) is 2.94. The summed E-state index contributed by atoms with van der Waals surface area (Å²) in [7, 11) is 1.97. The zero-order valence-corrected chi connectivity index (χ0v) is 14.0. The molecular formula is C15H21BrN4. The van der Waals surface area contributed by atoms with Gasteiger partial charge in [-0.3, -0.25) is 9.67 Å². The van der Waals surface area contributed by atoms with E-state index in [4.69, 9.17) is 0 Å². The SMILES string of the molecule is CCCn1ncc(Br)c1C(NC)c1ccc(C)nc1C. The monoisotopic (exact) mass is 336 g/mol. The van der Waals surface area contributed by atoms with Gasteiger partial charge in [-0.15, -0.1) is 0 Å². The molecule has 0 aliphatic rings. The van der Waals surface area contributed by atoms with Crippen LogP contribution in [0.5, 0.6) is 0 Å². The summed E-state index contributed by atoms with van der Waals surface area (Å²) in [4.78, 5) is 4.57. The molecule has 0 fully saturated rings. The molecule has 0 aliphatic carbocycles. The van der Waals surface area contributed by atoms with Gasteiger partial charge in [-0.05, 0) is 54.9 Å². The van der Waals surface area contributed by atoms with E-state index < -0.39 is 0 Å². The zero-order chi connectivity index (χ0) is 14.7. The molecule has 0 aliphatic heterocycles. The Labute approximate surface area is 128 Å². The Hall–Kier alpha value is -1.20. The van der Waals surface area contributed by atoms with Crippen LogP contribution in [0.2, 0.25) is 0 Å². The molecule has 0 aromatic carbocycles. The Morgan fingerprint density at radius 2 is 2.10 bits per heavy atom. The van der Waals surface area contributed by atoms with Crippen LogP contribution < -0.4 is 5.32 Å². The highest BCUT2D eigenvalue weighted by molar-refractivity contribution is 9.10. The van der Waals surface area contributed by atoms with Gasteiger partial charge in [-0.1, -0.05) is 13.0 Å². The maximum Gasteiger partial charge on any atom is 0.0775 e. The number of halogens is 1. The van der Waals surface area contributed by atoms with E-state index in [9.17, 15) is 0 Å². The molecule has 0 spiro atoms. The van der Waals surface area contributed by atoms with Crippen LogP contribution in [0.1, 0.15) is 42.0 Å².